The molecule has 1 aromatic rings. The van der Waals surface area contributed by atoms with Gasteiger partial charge in [0.2, 0.25) is 0 Å². The molecule has 1 aliphatic rings. The number of nitrogens with two attached hydrogens (primary N) is 1. The van der Waals surface area contributed by atoms with Crippen molar-refractivity contribution < 1.29 is 0 Å². The van der Waals surface area contributed by atoms with E-state index in [4.69, 9.17) is 5.73 Å². The van der Waals surface area contributed by atoms with E-state index in [1.54, 1.807) is 0 Å². The molecule has 3 nitrogen and oxygen atoms in total. The van der Waals surface area contributed by atoms with E-state index in [-0.39, 0.29) is 5.54 Å². The Morgan fingerprint density at radius 2 is 2.21 bits per heavy atom. The number of aromatic nitrogens is 2. The summed E-state index contributed by atoms with van der Waals surface area (Å²) in [4.78, 5) is 0. The first kappa shape index (κ1) is 10.2. The summed E-state index contributed by atoms with van der Waals surface area (Å²) in [7, 11) is 0. The molecule has 1 aromatic heterocycles. The van der Waals surface area contributed by atoms with Gasteiger partial charge < -0.3 is 5.73 Å². The first-order valence-electron chi connectivity index (χ1n) is 5.18. The van der Waals surface area contributed by atoms with Gasteiger partial charge in [0.05, 0.1) is 6.20 Å². The Balaban J connectivity index is 2.35. The maximum atomic E-state index is 6.37. The first-order valence-corrected chi connectivity index (χ1v) is 5.97. The quantitative estimate of drug-likeness (QED) is 0.885. The molecule has 0 amide bonds. The molecule has 1 heterocycles. The van der Waals surface area contributed by atoms with Crippen LogP contribution in [0.5, 0.6) is 0 Å². The summed E-state index contributed by atoms with van der Waals surface area (Å²) in [6, 6.07) is 0. The molecule has 1 aliphatic carbocycles. The van der Waals surface area contributed by atoms with Crippen LogP contribution >= 0.6 is 15.9 Å². The molecule has 2 N–H and O–H groups in total. The fourth-order valence-electron chi connectivity index (χ4n) is 2.20. The first-order chi connectivity index (χ1) is 6.67. The Morgan fingerprint density at radius 3 is 2.71 bits per heavy atom. The van der Waals surface area contributed by atoms with Crippen LogP contribution in [0.4, 0.5) is 0 Å². The fourth-order valence-corrected chi connectivity index (χ4v) is 3.04. The van der Waals surface area contributed by atoms with Crippen molar-refractivity contribution in [3.8, 4) is 0 Å². The van der Waals surface area contributed by atoms with Crippen LogP contribution in [-0.2, 0) is 12.1 Å². The molecular formula is C10H16BrN3. The lowest BCUT2D eigenvalue weighted by atomic mass is 9.92. The molecule has 2 rings (SSSR count). The van der Waals surface area contributed by atoms with Crippen molar-refractivity contribution in [2.24, 2.45) is 5.73 Å². The second-order valence-corrected chi connectivity index (χ2v) is 4.78. The molecule has 0 radical (unpaired) electrons. The van der Waals surface area contributed by atoms with Crippen LogP contribution in [-0.4, -0.2) is 9.78 Å². The van der Waals surface area contributed by atoms with Gasteiger partial charge in [-0.25, -0.2) is 0 Å². The van der Waals surface area contributed by atoms with Crippen LogP contribution < -0.4 is 5.73 Å². The number of rotatable bonds is 2. The lowest BCUT2D eigenvalue weighted by molar-refractivity contribution is 0.458. The molecule has 0 spiro atoms. The van der Waals surface area contributed by atoms with E-state index < -0.39 is 0 Å². The summed E-state index contributed by atoms with van der Waals surface area (Å²) in [5.41, 5.74) is 7.41. The Labute approximate surface area is 92.8 Å². The predicted molar refractivity (Wildman–Crippen MR) is 59.9 cm³/mol. The van der Waals surface area contributed by atoms with Gasteiger partial charge in [-0.15, -0.1) is 0 Å². The molecule has 1 fully saturated rings. The molecule has 0 aromatic carbocycles. The molecule has 78 valence electrons. The average Bonchev–Trinajstić information content (AvgIpc) is 2.73. The van der Waals surface area contributed by atoms with Gasteiger partial charge in [0.1, 0.15) is 4.60 Å². The van der Waals surface area contributed by atoms with Crippen LogP contribution in [0.15, 0.2) is 10.8 Å². The number of nitrogens with zero attached hydrogens (tertiary/aromatic N) is 2. The van der Waals surface area contributed by atoms with Crippen molar-refractivity contribution in [1.82, 2.24) is 9.78 Å². The molecule has 1 saturated carbocycles. The molecule has 0 saturated heterocycles. The van der Waals surface area contributed by atoms with Crippen molar-refractivity contribution >= 4 is 15.9 Å². The summed E-state index contributed by atoms with van der Waals surface area (Å²) in [5, 5.41) is 4.31. The predicted octanol–water partition coefficient (Wildman–Crippen LogP) is 2.39. The topological polar surface area (TPSA) is 43.8 Å². The van der Waals surface area contributed by atoms with E-state index in [0.29, 0.717) is 0 Å². The zero-order valence-electron chi connectivity index (χ0n) is 8.46. The molecular weight excluding hydrogens is 242 g/mol. The zero-order valence-corrected chi connectivity index (χ0v) is 10.0. The van der Waals surface area contributed by atoms with E-state index in [1.165, 1.54) is 18.4 Å². The number of aryl methyl sites for hydroxylation is 1. The van der Waals surface area contributed by atoms with Gasteiger partial charge in [0.25, 0.3) is 0 Å². The summed E-state index contributed by atoms with van der Waals surface area (Å²) in [5.74, 6) is 0. The van der Waals surface area contributed by atoms with Crippen molar-refractivity contribution in [1.29, 1.82) is 0 Å². The maximum Gasteiger partial charge on any atom is 0.109 e. The standard InChI is InChI=1S/C10H16BrN3/c1-2-14-9(11)8(7-13-14)10(12)5-3-4-6-10/h7H,2-6,12H2,1H3. The normalized spacial score (nSPS) is 20.2. The summed E-state index contributed by atoms with van der Waals surface area (Å²) in [6.45, 7) is 2.97. The molecule has 0 bridgehead atoms. The van der Waals surface area contributed by atoms with Gasteiger partial charge in [0.15, 0.2) is 0 Å². The van der Waals surface area contributed by atoms with E-state index in [9.17, 15) is 0 Å². The average molecular weight is 258 g/mol. The minimum Gasteiger partial charge on any atom is -0.321 e. The van der Waals surface area contributed by atoms with Gasteiger partial charge in [0, 0.05) is 17.6 Å². The van der Waals surface area contributed by atoms with E-state index >= 15 is 0 Å². The summed E-state index contributed by atoms with van der Waals surface area (Å²) < 4.78 is 3.01. The second-order valence-electron chi connectivity index (χ2n) is 4.03. The van der Waals surface area contributed by atoms with Crippen LogP contribution in [0, 0.1) is 0 Å². The van der Waals surface area contributed by atoms with Crippen molar-refractivity contribution in [2.75, 3.05) is 0 Å². The maximum absolute atomic E-state index is 6.37. The van der Waals surface area contributed by atoms with Crippen molar-refractivity contribution in [3.63, 3.8) is 0 Å². The van der Waals surface area contributed by atoms with Gasteiger partial charge in [-0.3, -0.25) is 4.68 Å². The summed E-state index contributed by atoms with van der Waals surface area (Å²) in [6.07, 6.45) is 6.56. The second kappa shape index (κ2) is 3.66. The third-order valence-electron chi connectivity index (χ3n) is 3.11. The lowest BCUT2D eigenvalue weighted by Crippen LogP contribution is -2.33. The minimum atomic E-state index is -0.133. The monoisotopic (exact) mass is 257 g/mol. The van der Waals surface area contributed by atoms with Gasteiger partial charge >= 0.3 is 0 Å². The highest BCUT2D eigenvalue weighted by molar-refractivity contribution is 9.10. The highest BCUT2D eigenvalue weighted by Crippen LogP contribution is 2.39. The van der Waals surface area contributed by atoms with Crippen LogP contribution in [0.3, 0.4) is 0 Å². The Morgan fingerprint density at radius 1 is 1.57 bits per heavy atom. The Kier molecular flexibility index (Phi) is 2.66. The smallest absolute Gasteiger partial charge is 0.109 e. The third kappa shape index (κ3) is 1.50. The highest BCUT2D eigenvalue weighted by Gasteiger charge is 2.34. The summed E-state index contributed by atoms with van der Waals surface area (Å²) >= 11 is 3.58. The molecule has 14 heavy (non-hydrogen) atoms. The number of hydrogen-bond donors (Lipinski definition) is 1. The number of halogens is 1. The van der Waals surface area contributed by atoms with Gasteiger partial charge in [-0.05, 0) is 35.7 Å². The SMILES string of the molecule is CCn1ncc(C2(N)CCCC2)c1Br. The minimum absolute atomic E-state index is 0.133. The highest BCUT2D eigenvalue weighted by atomic mass is 79.9. The third-order valence-corrected chi connectivity index (χ3v) is 3.94. The molecule has 0 aliphatic heterocycles. The van der Waals surface area contributed by atoms with Crippen LogP contribution in [0.25, 0.3) is 0 Å². The van der Waals surface area contributed by atoms with Gasteiger partial charge in [-0.2, -0.15) is 5.10 Å². The van der Waals surface area contributed by atoms with Crippen LogP contribution in [0.2, 0.25) is 0 Å². The molecule has 0 unspecified atom stereocenters. The largest absolute Gasteiger partial charge is 0.321 e. The molecule has 0 atom stereocenters. The fraction of sp³-hybridized carbons (Fsp3) is 0.700. The molecule has 4 heteroatoms. The van der Waals surface area contributed by atoms with Crippen LogP contribution in [0.1, 0.15) is 38.2 Å². The Hall–Kier alpha value is -0.350. The van der Waals surface area contributed by atoms with Crippen molar-refractivity contribution in [2.45, 2.75) is 44.7 Å². The van der Waals surface area contributed by atoms with E-state index in [2.05, 4.69) is 28.0 Å². The lowest BCUT2D eigenvalue weighted by Gasteiger charge is -2.22. The van der Waals surface area contributed by atoms with Crippen molar-refractivity contribution in [3.05, 3.63) is 16.4 Å². The zero-order chi connectivity index (χ0) is 10.2. The Bertz CT molecular complexity index is 326. The van der Waals surface area contributed by atoms with E-state index in [0.717, 1.165) is 24.0 Å². The van der Waals surface area contributed by atoms with Gasteiger partial charge in [-0.1, -0.05) is 12.8 Å². The van der Waals surface area contributed by atoms with E-state index in [1.807, 2.05) is 10.9 Å². The number of hydrogen-bond acceptors (Lipinski definition) is 2.